The highest BCUT2D eigenvalue weighted by atomic mass is 16.2. The topological polar surface area (TPSA) is 61.3 Å². The molecule has 0 atom stereocenters. The number of carbonyl (C=O) groups excluding carboxylic acids is 1. The lowest BCUT2D eigenvalue weighted by molar-refractivity contribution is -0.133. The predicted molar refractivity (Wildman–Crippen MR) is 73.2 cm³/mol. The number of imidazole rings is 1. The van der Waals surface area contributed by atoms with Gasteiger partial charge in [-0.05, 0) is 20.9 Å². The SMILES string of the molecule is Cc1[nH]c(=O)n(CCC(=O)N2CCN(C)CC2)c1C. The first-order valence-corrected chi connectivity index (χ1v) is 6.71. The maximum atomic E-state index is 12.1. The van der Waals surface area contributed by atoms with E-state index in [2.05, 4.69) is 16.9 Å². The minimum atomic E-state index is -0.124. The van der Waals surface area contributed by atoms with E-state index in [1.165, 1.54) is 0 Å². The number of hydrogen-bond acceptors (Lipinski definition) is 3. The van der Waals surface area contributed by atoms with Crippen LogP contribution < -0.4 is 5.69 Å². The molecule has 19 heavy (non-hydrogen) atoms. The van der Waals surface area contributed by atoms with Crippen molar-refractivity contribution in [2.75, 3.05) is 33.2 Å². The van der Waals surface area contributed by atoms with Gasteiger partial charge in [0.05, 0.1) is 0 Å². The highest BCUT2D eigenvalue weighted by molar-refractivity contribution is 5.76. The molecule has 0 aromatic carbocycles. The second-order valence-electron chi connectivity index (χ2n) is 5.23. The van der Waals surface area contributed by atoms with Crippen LogP contribution in [-0.2, 0) is 11.3 Å². The van der Waals surface area contributed by atoms with Gasteiger partial charge < -0.3 is 14.8 Å². The van der Waals surface area contributed by atoms with Gasteiger partial charge in [-0.3, -0.25) is 9.36 Å². The Hall–Kier alpha value is -1.56. The zero-order valence-electron chi connectivity index (χ0n) is 11.9. The quantitative estimate of drug-likeness (QED) is 0.835. The molecule has 0 spiro atoms. The molecule has 2 rings (SSSR count). The van der Waals surface area contributed by atoms with Crippen molar-refractivity contribution in [2.24, 2.45) is 0 Å². The number of aryl methyl sites for hydroxylation is 1. The van der Waals surface area contributed by atoms with E-state index in [0.29, 0.717) is 13.0 Å². The molecule has 0 radical (unpaired) electrons. The number of piperazine rings is 1. The molecule has 0 aliphatic carbocycles. The smallest absolute Gasteiger partial charge is 0.325 e. The number of aromatic amines is 1. The van der Waals surface area contributed by atoms with Crippen molar-refractivity contribution in [2.45, 2.75) is 26.8 Å². The third kappa shape index (κ3) is 3.07. The van der Waals surface area contributed by atoms with Crippen LogP contribution in [0.4, 0.5) is 0 Å². The number of carbonyl (C=O) groups is 1. The molecular formula is C13H22N4O2. The average molecular weight is 266 g/mol. The van der Waals surface area contributed by atoms with Crippen molar-refractivity contribution >= 4 is 5.91 Å². The fraction of sp³-hybridized carbons (Fsp3) is 0.692. The number of hydrogen-bond donors (Lipinski definition) is 1. The van der Waals surface area contributed by atoms with Crippen molar-refractivity contribution < 1.29 is 4.79 Å². The third-order valence-corrected chi connectivity index (χ3v) is 3.89. The average Bonchev–Trinajstić information content (AvgIpc) is 2.62. The molecule has 6 heteroatoms. The Morgan fingerprint density at radius 3 is 2.37 bits per heavy atom. The number of nitrogens with one attached hydrogen (secondary N) is 1. The summed E-state index contributed by atoms with van der Waals surface area (Å²) in [5.41, 5.74) is 1.66. The number of aromatic nitrogens is 2. The Morgan fingerprint density at radius 1 is 1.21 bits per heavy atom. The lowest BCUT2D eigenvalue weighted by Crippen LogP contribution is -2.47. The maximum Gasteiger partial charge on any atom is 0.325 e. The first kappa shape index (κ1) is 13.9. The Kier molecular flexibility index (Phi) is 4.09. The summed E-state index contributed by atoms with van der Waals surface area (Å²) >= 11 is 0. The van der Waals surface area contributed by atoms with Crippen molar-refractivity contribution in [3.63, 3.8) is 0 Å². The van der Waals surface area contributed by atoms with E-state index >= 15 is 0 Å². The van der Waals surface area contributed by atoms with E-state index < -0.39 is 0 Å². The summed E-state index contributed by atoms with van der Waals surface area (Å²) in [4.78, 5) is 30.6. The minimum absolute atomic E-state index is 0.124. The van der Waals surface area contributed by atoms with E-state index in [-0.39, 0.29) is 11.6 Å². The van der Waals surface area contributed by atoms with Gasteiger partial charge in [-0.1, -0.05) is 0 Å². The van der Waals surface area contributed by atoms with Gasteiger partial charge in [0.2, 0.25) is 5.91 Å². The summed E-state index contributed by atoms with van der Waals surface area (Å²) in [6.45, 7) is 7.65. The van der Waals surface area contributed by atoms with Crippen LogP contribution in [0.15, 0.2) is 4.79 Å². The van der Waals surface area contributed by atoms with Gasteiger partial charge in [0.15, 0.2) is 0 Å². The molecule has 1 saturated heterocycles. The normalized spacial score (nSPS) is 16.9. The summed E-state index contributed by atoms with van der Waals surface area (Å²) in [5.74, 6) is 0.137. The van der Waals surface area contributed by atoms with E-state index in [0.717, 1.165) is 37.6 Å². The highest BCUT2D eigenvalue weighted by Gasteiger charge is 2.19. The Bertz CT molecular complexity index is 509. The van der Waals surface area contributed by atoms with Crippen LogP contribution >= 0.6 is 0 Å². The first-order chi connectivity index (χ1) is 8.99. The van der Waals surface area contributed by atoms with Gasteiger partial charge in [0.25, 0.3) is 0 Å². The lowest BCUT2D eigenvalue weighted by Gasteiger charge is -2.32. The molecule has 2 heterocycles. The maximum absolute atomic E-state index is 12.1. The standard InChI is InChI=1S/C13H22N4O2/c1-10-11(2)17(13(19)14-10)5-4-12(18)16-8-6-15(3)7-9-16/h4-9H2,1-3H3,(H,14,19). The van der Waals surface area contributed by atoms with Crippen molar-refractivity contribution in [1.29, 1.82) is 0 Å². The highest BCUT2D eigenvalue weighted by Crippen LogP contribution is 2.05. The van der Waals surface area contributed by atoms with Gasteiger partial charge in [0, 0.05) is 50.5 Å². The van der Waals surface area contributed by atoms with Crippen LogP contribution in [0.5, 0.6) is 0 Å². The Labute approximate surface area is 113 Å². The molecule has 0 bridgehead atoms. The number of amides is 1. The molecule has 6 nitrogen and oxygen atoms in total. The lowest BCUT2D eigenvalue weighted by atomic mass is 10.3. The van der Waals surface area contributed by atoms with E-state index in [4.69, 9.17) is 0 Å². The number of rotatable bonds is 3. The van der Waals surface area contributed by atoms with Gasteiger partial charge in [-0.2, -0.15) is 0 Å². The van der Waals surface area contributed by atoms with Crippen LogP contribution in [0.25, 0.3) is 0 Å². The number of likely N-dealkylation sites (N-methyl/N-ethyl adjacent to an activating group) is 1. The molecular weight excluding hydrogens is 244 g/mol. The summed E-state index contributed by atoms with van der Waals surface area (Å²) in [7, 11) is 2.06. The van der Waals surface area contributed by atoms with E-state index in [1.54, 1.807) is 4.57 Å². The fourth-order valence-corrected chi connectivity index (χ4v) is 2.36. The van der Waals surface area contributed by atoms with E-state index in [9.17, 15) is 9.59 Å². The van der Waals surface area contributed by atoms with Gasteiger partial charge in [0.1, 0.15) is 0 Å². The summed E-state index contributed by atoms with van der Waals surface area (Å²) in [5, 5.41) is 0. The fourth-order valence-electron chi connectivity index (χ4n) is 2.36. The van der Waals surface area contributed by atoms with E-state index in [1.807, 2.05) is 18.7 Å². The summed E-state index contributed by atoms with van der Waals surface area (Å²) in [6, 6.07) is 0. The molecule has 0 unspecified atom stereocenters. The predicted octanol–water partition coefficient (Wildman–Crippen LogP) is -0.0427. The van der Waals surface area contributed by atoms with Crippen molar-refractivity contribution in [3.8, 4) is 0 Å². The number of nitrogens with zero attached hydrogens (tertiary/aromatic N) is 3. The largest absolute Gasteiger partial charge is 0.340 e. The van der Waals surface area contributed by atoms with Crippen LogP contribution in [0.3, 0.4) is 0 Å². The zero-order valence-corrected chi connectivity index (χ0v) is 11.9. The van der Waals surface area contributed by atoms with Crippen LogP contribution in [0.1, 0.15) is 17.8 Å². The summed E-state index contributed by atoms with van der Waals surface area (Å²) in [6.07, 6.45) is 0.391. The van der Waals surface area contributed by atoms with Gasteiger partial charge >= 0.3 is 5.69 Å². The molecule has 0 saturated carbocycles. The van der Waals surface area contributed by atoms with Crippen molar-refractivity contribution in [3.05, 3.63) is 21.9 Å². The monoisotopic (exact) mass is 266 g/mol. The first-order valence-electron chi connectivity index (χ1n) is 6.71. The molecule has 1 aliphatic heterocycles. The molecule has 1 fully saturated rings. The molecule has 1 amide bonds. The Morgan fingerprint density at radius 2 is 1.84 bits per heavy atom. The summed E-state index contributed by atoms with van der Waals surface area (Å²) < 4.78 is 1.64. The molecule has 1 N–H and O–H groups in total. The second-order valence-corrected chi connectivity index (χ2v) is 5.23. The molecule has 1 aromatic rings. The molecule has 1 aromatic heterocycles. The van der Waals surface area contributed by atoms with Gasteiger partial charge in [-0.25, -0.2) is 4.79 Å². The zero-order chi connectivity index (χ0) is 14.0. The van der Waals surface area contributed by atoms with Crippen molar-refractivity contribution in [1.82, 2.24) is 19.4 Å². The minimum Gasteiger partial charge on any atom is -0.340 e. The second kappa shape index (κ2) is 5.61. The van der Waals surface area contributed by atoms with Crippen LogP contribution in [0, 0.1) is 13.8 Å². The van der Waals surface area contributed by atoms with Crippen LogP contribution in [0.2, 0.25) is 0 Å². The van der Waals surface area contributed by atoms with Crippen LogP contribution in [-0.4, -0.2) is 58.5 Å². The molecule has 1 aliphatic rings. The Balaban J connectivity index is 1.92. The molecule has 106 valence electrons. The van der Waals surface area contributed by atoms with Gasteiger partial charge in [-0.15, -0.1) is 0 Å². The third-order valence-electron chi connectivity index (χ3n) is 3.89. The number of H-pyrrole nitrogens is 1.